The maximum absolute atomic E-state index is 11.5. The molecule has 162 valence electrons. The summed E-state index contributed by atoms with van der Waals surface area (Å²) >= 11 is 0. The van der Waals surface area contributed by atoms with Gasteiger partial charge in [-0.1, -0.05) is 48.5 Å². The van der Waals surface area contributed by atoms with E-state index < -0.39 is 5.97 Å². The first-order valence-electron chi connectivity index (χ1n) is 9.90. The van der Waals surface area contributed by atoms with Gasteiger partial charge in [-0.25, -0.2) is 14.8 Å². The second-order valence-corrected chi connectivity index (χ2v) is 6.93. The Hall–Kier alpha value is -4.18. The van der Waals surface area contributed by atoms with E-state index in [0.717, 1.165) is 22.3 Å². The van der Waals surface area contributed by atoms with Gasteiger partial charge in [0.25, 0.3) is 0 Å². The molecular weight excluding hydrogens is 410 g/mol. The number of tetrazole rings is 1. The lowest BCUT2D eigenvalue weighted by Gasteiger charge is -2.11. The topological polar surface area (TPSA) is 139 Å². The number of hydrogen-bond acceptors (Lipinski definition) is 8. The van der Waals surface area contributed by atoms with Crippen molar-refractivity contribution in [1.82, 2.24) is 30.6 Å². The molecule has 2 aromatic carbocycles. The number of aromatic amines is 1. The summed E-state index contributed by atoms with van der Waals surface area (Å²) < 4.78 is 5.04. The highest BCUT2D eigenvalue weighted by molar-refractivity contribution is 5.92. The van der Waals surface area contributed by atoms with Gasteiger partial charge < -0.3 is 15.2 Å². The molecule has 32 heavy (non-hydrogen) atoms. The maximum Gasteiger partial charge on any atom is 0.341 e. The zero-order chi connectivity index (χ0) is 22.3. The molecule has 0 aliphatic carbocycles. The van der Waals surface area contributed by atoms with Crippen LogP contribution in [-0.4, -0.2) is 55.4 Å². The summed E-state index contributed by atoms with van der Waals surface area (Å²) in [6.07, 6.45) is 1.82. The van der Waals surface area contributed by atoms with E-state index in [2.05, 4.69) is 35.9 Å². The number of benzene rings is 2. The summed E-state index contributed by atoms with van der Waals surface area (Å²) in [7, 11) is 1.59. The lowest BCUT2D eigenvalue weighted by Crippen LogP contribution is -2.12. The van der Waals surface area contributed by atoms with Gasteiger partial charge >= 0.3 is 5.97 Å². The van der Waals surface area contributed by atoms with Gasteiger partial charge in [0.1, 0.15) is 17.2 Å². The van der Waals surface area contributed by atoms with Gasteiger partial charge in [0.15, 0.2) is 0 Å². The van der Waals surface area contributed by atoms with Gasteiger partial charge in [0.05, 0.1) is 6.61 Å². The first-order valence-corrected chi connectivity index (χ1v) is 9.90. The number of ether oxygens (including phenoxy) is 1. The van der Waals surface area contributed by atoms with Crippen LogP contribution in [-0.2, 0) is 17.7 Å². The molecule has 0 saturated carbocycles. The smallest absolute Gasteiger partial charge is 0.341 e. The number of rotatable bonds is 9. The lowest BCUT2D eigenvalue weighted by molar-refractivity contribution is 0.0697. The average molecular weight is 431 g/mol. The third kappa shape index (κ3) is 4.76. The van der Waals surface area contributed by atoms with E-state index in [-0.39, 0.29) is 11.4 Å². The van der Waals surface area contributed by atoms with E-state index in [1.807, 2.05) is 48.5 Å². The standard InChI is InChI=1S/C22H21N7O3/c1-32-11-10-19-23-13-18(22(30)31)20(25-19)24-12-14-6-8-15(9-7-14)16-4-2-3-5-17(16)21-26-28-29-27-21/h2-9,13H,10-12H2,1H3,(H,30,31)(H,23,24,25)(H,26,27,28,29). The van der Waals surface area contributed by atoms with E-state index in [4.69, 9.17) is 4.74 Å². The van der Waals surface area contributed by atoms with Crippen molar-refractivity contribution in [3.05, 3.63) is 71.7 Å². The highest BCUT2D eigenvalue weighted by Gasteiger charge is 2.14. The summed E-state index contributed by atoms with van der Waals surface area (Å²) in [6, 6.07) is 15.8. The molecule has 0 saturated heterocycles. The minimum absolute atomic E-state index is 0.0248. The number of aromatic carboxylic acids is 1. The van der Waals surface area contributed by atoms with E-state index in [9.17, 15) is 9.90 Å². The molecule has 0 aliphatic rings. The SMILES string of the molecule is COCCc1ncc(C(=O)O)c(NCc2ccc(-c3ccccc3-c3nn[nH]n3)cc2)n1. The number of H-pyrrole nitrogens is 1. The molecule has 4 aromatic rings. The van der Waals surface area contributed by atoms with Crippen molar-refractivity contribution >= 4 is 11.8 Å². The molecule has 0 atom stereocenters. The number of carboxylic acids is 1. The fourth-order valence-electron chi connectivity index (χ4n) is 3.22. The van der Waals surface area contributed by atoms with E-state index in [1.54, 1.807) is 7.11 Å². The van der Waals surface area contributed by atoms with Crippen molar-refractivity contribution in [2.75, 3.05) is 19.0 Å². The van der Waals surface area contributed by atoms with Crippen LogP contribution in [0.5, 0.6) is 0 Å². The van der Waals surface area contributed by atoms with Crippen LogP contribution in [0.15, 0.2) is 54.7 Å². The largest absolute Gasteiger partial charge is 0.477 e. The summed E-state index contributed by atoms with van der Waals surface area (Å²) in [5.74, 6) is 0.248. The molecule has 10 heteroatoms. The maximum atomic E-state index is 11.5. The fraction of sp³-hybridized carbons (Fsp3) is 0.182. The molecule has 10 nitrogen and oxygen atoms in total. The second kappa shape index (κ2) is 9.75. The molecule has 2 heterocycles. The second-order valence-electron chi connectivity index (χ2n) is 6.93. The first-order chi connectivity index (χ1) is 15.7. The highest BCUT2D eigenvalue weighted by Crippen LogP contribution is 2.29. The number of nitrogens with zero attached hydrogens (tertiary/aromatic N) is 5. The van der Waals surface area contributed by atoms with Crippen LogP contribution in [0, 0.1) is 0 Å². The highest BCUT2D eigenvalue weighted by atomic mass is 16.5. The summed E-state index contributed by atoms with van der Waals surface area (Å²) in [6.45, 7) is 0.867. The Morgan fingerprint density at radius 2 is 1.91 bits per heavy atom. The quantitative estimate of drug-likeness (QED) is 0.365. The number of nitrogens with one attached hydrogen (secondary N) is 2. The summed E-state index contributed by atoms with van der Waals surface area (Å²) in [5, 5.41) is 26.8. The third-order valence-electron chi connectivity index (χ3n) is 4.84. The van der Waals surface area contributed by atoms with Crippen molar-refractivity contribution in [3.63, 3.8) is 0 Å². The molecule has 0 aliphatic heterocycles. The Morgan fingerprint density at radius 1 is 1.12 bits per heavy atom. The summed E-state index contributed by atoms with van der Waals surface area (Å²) in [4.78, 5) is 20.0. The Kier molecular flexibility index (Phi) is 6.42. The van der Waals surface area contributed by atoms with E-state index in [1.165, 1.54) is 6.20 Å². The van der Waals surface area contributed by atoms with Crippen molar-refractivity contribution in [2.24, 2.45) is 0 Å². The molecule has 0 fully saturated rings. The van der Waals surface area contributed by atoms with Gasteiger partial charge in [-0.3, -0.25) is 0 Å². The third-order valence-corrected chi connectivity index (χ3v) is 4.84. The van der Waals surface area contributed by atoms with Crippen LogP contribution < -0.4 is 5.32 Å². The molecule has 2 aromatic heterocycles. The van der Waals surface area contributed by atoms with Crippen LogP contribution in [0.25, 0.3) is 22.5 Å². The van der Waals surface area contributed by atoms with E-state index >= 15 is 0 Å². The number of methoxy groups -OCH3 is 1. The van der Waals surface area contributed by atoms with Crippen molar-refractivity contribution < 1.29 is 14.6 Å². The zero-order valence-corrected chi connectivity index (χ0v) is 17.3. The number of aromatic nitrogens is 6. The molecule has 4 rings (SSSR count). The molecule has 0 bridgehead atoms. The molecule has 0 amide bonds. The van der Waals surface area contributed by atoms with Crippen molar-refractivity contribution in [3.8, 4) is 22.5 Å². The number of carbonyl (C=O) groups is 1. The van der Waals surface area contributed by atoms with Gasteiger partial charge in [0, 0.05) is 31.8 Å². The van der Waals surface area contributed by atoms with E-state index in [0.29, 0.717) is 31.2 Å². The van der Waals surface area contributed by atoms with Crippen LogP contribution in [0.3, 0.4) is 0 Å². The predicted molar refractivity (Wildman–Crippen MR) is 117 cm³/mol. The van der Waals surface area contributed by atoms with Crippen LogP contribution in [0.4, 0.5) is 5.82 Å². The van der Waals surface area contributed by atoms with Gasteiger partial charge in [-0.05, 0) is 21.9 Å². The number of hydrogen-bond donors (Lipinski definition) is 3. The predicted octanol–water partition coefficient (Wildman–Crippen LogP) is 2.82. The van der Waals surface area contributed by atoms with Crippen LogP contribution in [0.1, 0.15) is 21.7 Å². The average Bonchev–Trinajstić information content (AvgIpc) is 3.36. The minimum atomic E-state index is -1.08. The number of carboxylic acid groups (broad SMARTS) is 1. The molecule has 0 radical (unpaired) electrons. The Balaban J connectivity index is 1.52. The first kappa shape index (κ1) is 21.1. The molecule has 0 unspecified atom stereocenters. The molecule has 3 N–H and O–H groups in total. The monoisotopic (exact) mass is 431 g/mol. The lowest BCUT2D eigenvalue weighted by atomic mass is 9.98. The van der Waals surface area contributed by atoms with Gasteiger partial charge in [0.2, 0.25) is 5.82 Å². The summed E-state index contributed by atoms with van der Waals surface area (Å²) in [5.41, 5.74) is 3.86. The van der Waals surface area contributed by atoms with Gasteiger partial charge in [-0.2, -0.15) is 5.21 Å². The molecular formula is C22H21N7O3. The minimum Gasteiger partial charge on any atom is -0.477 e. The van der Waals surface area contributed by atoms with Crippen LogP contribution >= 0.6 is 0 Å². The Bertz CT molecular complexity index is 1190. The normalized spacial score (nSPS) is 10.8. The number of anilines is 1. The Morgan fingerprint density at radius 3 is 2.59 bits per heavy atom. The van der Waals surface area contributed by atoms with Crippen molar-refractivity contribution in [1.29, 1.82) is 0 Å². The van der Waals surface area contributed by atoms with Crippen LogP contribution in [0.2, 0.25) is 0 Å². The Labute approximate surface area is 183 Å². The molecule has 0 spiro atoms. The fourth-order valence-corrected chi connectivity index (χ4v) is 3.22. The van der Waals surface area contributed by atoms with Crippen molar-refractivity contribution in [2.45, 2.75) is 13.0 Å². The zero-order valence-electron chi connectivity index (χ0n) is 17.3. The van der Waals surface area contributed by atoms with Gasteiger partial charge in [-0.15, -0.1) is 10.2 Å².